The second kappa shape index (κ2) is 70.7. The van der Waals surface area contributed by atoms with Gasteiger partial charge in [0.2, 0.25) is 0 Å². The summed E-state index contributed by atoms with van der Waals surface area (Å²) in [4.78, 5) is 30.3. The van der Waals surface area contributed by atoms with Gasteiger partial charge in [0.15, 0.2) is 0 Å². The van der Waals surface area contributed by atoms with Gasteiger partial charge in [0, 0.05) is 17.9 Å². The van der Waals surface area contributed by atoms with E-state index >= 15 is 0 Å². The Hall–Kier alpha value is 0.00740. The van der Waals surface area contributed by atoms with Crippen molar-refractivity contribution in [3.63, 3.8) is 0 Å². The normalized spacial score (nSPS) is 9.98. The fourth-order valence-corrected chi connectivity index (χ4v) is 14.5. The number of carboxylic acid groups (broad SMARTS) is 3. The molecule has 0 spiro atoms. The molecule has 0 bridgehead atoms. The summed E-state index contributed by atoms with van der Waals surface area (Å²) in [5.74, 6) is -2.73. The molecule has 0 unspecified atom stereocenters. The van der Waals surface area contributed by atoms with Crippen LogP contribution in [0.5, 0.6) is 0 Å². The predicted molar refractivity (Wildman–Crippen MR) is 261 cm³/mol. The van der Waals surface area contributed by atoms with Crippen LogP contribution in [-0.4, -0.2) is 60.2 Å². The number of rotatable bonds is 42. The van der Waals surface area contributed by atoms with E-state index in [0.29, 0.717) is 0 Å². The summed E-state index contributed by atoms with van der Waals surface area (Å²) in [6.07, 6.45) is 45.2. The van der Waals surface area contributed by atoms with Gasteiger partial charge in [-0.3, -0.25) is 0 Å². The van der Waals surface area contributed by atoms with Crippen molar-refractivity contribution in [2.75, 3.05) is 0 Å². The van der Waals surface area contributed by atoms with E-state index in [2.05, 4.69) is 48.5 Å². The Balaban J connectivity index is -0.000000213. The number of aliphatic carboxylic acids is 3. The summed E-state index contributed by atoms with van der Waals surface area (Å²) in [5.41, 5.74) is 0. The molecule has 60 heavy (non-hydrogen) atoms. The Kier molecular flexibility index (Phi) is 81.3. The van der Waals surface area contributed by atoms with Gasteiger partial charge in [-0.15, -0.1) is 0 Å². The molecule has 8 heteroatoms. The summed E-state index contributed by atoms with van der Waals surface area (Å²) < 4.78 is 6.50. The van der Waals surface area contributed by atoms with Crippen molar-refractivity contribution in [3.8, 4) is 0 Å². The third kappa shape index (κ3) is 93.1. The number of carboxylic acids is 3. The van der Waals surface area contributed by atoms with Crippen LogP contribution in [-0.2, 0) is 14.4 Å². The average molecular weight is 1060 g/mol. The topological polar surface area (TPSA) is 120 Å². The first-order chi connectivity index (χ1) is 29.1. The van der Waals surface area contributed by atoms with Crippen molar-refractivity contribution >= 4 is 60.2 Å². The summed E-state index contributed by atoms with van der Waals surface area (Å²) >= 11 is 0.299. The van der Waals surface area contributed by atoms with Gasteiger partial charge in [-0.25, -0.2) is 0 Å². The van der Waals surface area contributed by atoms with Crippen LogP contribution in [0.3, 0.4) is 0 Å². The molecule has 0 aliphatic rings. The van der Waals surface area contributed by atoms with Crippen LogP contribution in [0, 0.1) is 0 Å². The maximum atomic E-state index is 10.1. The quantitative estimate of drug-likeness (QED) is 0.0443. The molecular formula is C52H105O6Sn2+. The molecule has 6 nitrogen and oxygen atoms in total. The van der Waals surface area contributed by atoms with Crippen molar-refractivity contribution < 1.29 is 29.7 Å². The fraction of sp³-hybridized carbons (Fsp3) is 0.942. The minimum absolute atomic E-state index is 0.149. The summed E-state index contributed by atoms with van der Waals surface area (Å²) in [5, 5.41) is 30.3. The van der Waals surface area contributed by atoms with Crippen molar-refractivity contribution in [3.05, 3.63) is 0 Å². The Bertz CT molecular complexity index is 665. The van der Waals surface area contributed by atoms with Crippen molar-refractivity contribution in [2.24, 2.45) is 0 Å². The fourth-order valence-electron chi connectivity index (χ4n) is 6.20. The van der Waals surface area contributed by atoms with Crippen LogP contribution >= 0.6 is 0 Å². The number of hydrogen-bond acceptors (Lipinski definition) is 6. The molecule has 0 aliphatic heterocycles. The third-order valence-electron chi connectivity index (χ3n) is 10.3. The van der Waals surface area contributed by atoms with E-state index in [1.165, 1.54) is 186 Å². The summed E-state index contributed by atoms with van der Waals surface area (Å²) in [6.45, 7) is 15.8. The zero-order chi connectivity index (χ0) is 45.8. The van der Waals surface area contributed by atoms with Gasteiger partial charge in [0.05, 0.1) is 0 Å². The molecule has 0 N–H and O–H groups in total. The van der Waals surface area contributed by atoms with E-state index in [-0.39, 0.29) is 61.5 Å². The first-order valence-electron chi connectivity index (χ1n) is 26.1. The van der Waals surface area contributed by atoms with Gasteiger partial charge >= 0.3 is 139 Å². The second-order valence-electron chi connectivity index (χ2n) is 16.8. The molecule has 0 fully saturated rings. The molecule has 0 heterocycles. The Morgan fingerprint density at radius 2 is 0.400 bits per heavy atom. The molecule has 0 radical (unpaired) electrons. The number of unbranched alkanes of at least 4 members (excludes halogenated alkanes) is 28. The average Bonchev–Trinajstić information content (AvgIpc) is 3.22. The van der Waals surface area contributed by atoms with Gasteiger partial charge in [-0.05, 0) is 38.5 Å². The van der Waals surface area contributed by atoms with Crippen molar-refractivity contribution in [2.45, 2.75) is 310 Å². The SMILES string of the molecule is CCCCCCCCCCCC(=O)[O-].CCCCCCCCCCCC(=O)[O-].CCCCCCCCCCCC(=O)[O-].CCC[CH2][Sn+2][CH2]CCC.CCC[CH2][Sn+2][CH2]CCC. The molecule has 0 aliphatic carbocycles. The minimum atomic E-state index is -0.909. The first kappa shape index (κ1) is 69.1. The zero-order valence-corrected chi connectivity index (χ0v) is 47.4. The van der Waals surface area contributed by atoms with Crippen molar-refractivity contribution in [1.82, 2.24) is 0 Å². The predicted octanol–water partition coefficient (Wildman–Crippen LogP) is 14.2. The van der Waals surface area contributed by atoms with Gasteiger partial charge in [-0.2, -0.15) is 0 Å². The molecular weight excluding hydrogens is 958 g/mol. The van der Waals surface area contributed by atoms with Crippen molar-refractivity contribution in [1.29, 1.82) is 0 Å². The monoisotopic (exact) mass is 1070 g/mol. The zero-order valence-electron chi connectivity index (χ0n) is 41.6. The number of hydrogen-bond donors (Lipinski definition) is 0. The molecule has 0 saturated heterocycles. The van der Waals surface area contributed by atoms with Gasteiger partial charge in [0.1, 0.15) is 0 Å². The van der Waals surface area contributed by atoms with Crippen LogP contribution in [0.1, 0.15) is 292 Å². The molecule has 0 aromatic heterocycles. The van der Waals surface area contributed by atoms with E-state index in [0.717, 1.165) is 38.5 Å². The van der Waals surface area contributed by atoms with Gasteiger partial charge in [0.25, 0.3) is 0 Å². The molecule has 0 aromatic rings. The molecule has 0 aromatic carbocycles. The number of carbonyl (C=O) groups is 3. The van der Waals surface area contributed by atoms with Gasteiger partial charge < -0.3 is 29.7 Å². The first-order valence-corrected chi connectivity index (χ1v) is 34.2. The Morgan fingerprint density at radius 3 is 0.550 bits per heavy atom. The summed E-state index contributed by atoms with van der Waals surface area (Å²) in [6, 6.07) is 0. The molecule has 0 atom stereocenters. The van der Waals surface area contributed by atoms with E-state index in [1.54, 1.807) is 17.7 Å². The van der Waals surface area contributed by atoms with Crippen LogP contribution in [0.2, 0.25) is 17.7 Å². The van der Waals surface area contributed by atoms with Crippen LogP contribution in [0.4, 0.5) is 0 Å². The summed E-state index contributed by atoms with van der Waals surface area (Å²) in [7, 11) is 0. The molecule has 356 valence electrons. The molecule has 0 rings (SSSR count). The van der Waals surface area contributed by atoms with Crippen LogP contribution in [0.15, 0.2) is 0 Å². The Labute approximate surface area is 397 Å². The van der Waals surface area contributed by atoms with E-state index < -0.39 is 17.9 Å². The van der Waals surface area contributed by atoms with E-state index in [9.17, 15) is 29.7 Å². The molecule has 0 saturated carbocycles. The van der Waals surface area contributed by atoms with E-state index in [4.69, 9.17) is 0 Å². The van der Waals surface area contributed by atoms with Gasteiger partial charge in [-0.1, -0.05) is 175 Å². The van der Waals surface area contributed by atoms with Crippen LogP contribution in [0.25, 0.3) is 0 Å². The molecule has 0 amide bonds. The number of carbonyl (C=O) groups excluding carboxylic acids is 3. The Morgan fingerprint density at radius 1 is 0.250 bits per heavy atom. The standard InChI is InChI=1S/3C12H24O2.4C4H9.2Sn/c3*1-2-3-4-5-6-7-8-9-10-11-12(13)14;4*1-3-4-2;;/h3*2-11H2,1H3,(H,13,14);4*1,3-4H2,2H3;;/q;;;;;;;2*+2/p-3. The second-order valence-corrected chi connectivity index (χ2v) is 25.3. The maximum absolute atomic E-state index is 10.1. The van der Waals surface area contributed by atoms with E-state index in [1.807, 2.05) is 0 Å². The third-order valence-corrected chi connectivity index (χ3v) is 18.4. The van der Waals surface area contributed by atoms with Crippen LogP contribution < -0.4 is 15.3 Å².